The summed E-state index contributed by atoms with van der Waals surface area (Å²) in [6.45, 7) is 2.51. The van der Waals surface area contributed by atoms with Crippen LogP contribution in [0.5, 0.6) is 0 Å². The maximum Gasteiger partial charge on any atom is 0.256 e. The molecule has 1 aromatic heterocycles. The highest BCUT2D eigenvalue weighted by molar-refractivity contribution is 9.10. The van der Waals surface area contributed by atoms with E-state index in [1.807, 2.05) is 41.3 Å². The number of morpholine rings is 1. The van der Waals surface area contributed by atoms with Crippen LogP contribution in [-0.4, -0.2) is 53.8 Å². The van der Waals surface area contributed by atoms with Crippen molar-refractivity contribution in [1.29, 1.82) is 0 Å². The van der Waals surface area contributed by atoms with Gasteiger partial charge in [0.15, 0.2) is 4.34 Å². The van der Waals surface area contributed by atoms with Crippen LogP contribution in [0.15, 0.2) is 51.3 Å². The molecule has 0 radical (unpaired) electrons. The Kier molecular flexibility index (Phi) is 6.49. The number of fused-ring (bicyclic) bond motifs is 1. The zero-order valence-electron chi connectivity index (χ0n) is 15.4. The van der Waals surface area contributed by atoms with E-state index < -0.39 is 0 Å². The van der Waals surface area contributed by atoms with Gasteiger partial charge in [0.2, 0.25) is 5.91 Å². The minimum absolute atomic E-state index is 0.110. The summed E-state index contributed by atoms with van der Waals surface area (Å²) in [7, 11) is 0. The predicted octanol–water partition coefficient (Wildman–Crippen LogP) is 4.26. The number of rotatable bonds is 5. The Hall–Kier alpha value is -1.94. The lowest BCUT2D eigenvalue weighted by Gasteiger charge is -2.26. The first-order chi connectivity index (χ1) is 14.1. The van der Waals surface area contributed by atoms with Crippen molar-refractivity contribution in [2.75, 3.05) is 37.4 Å². The van der Waals surface area contributed by atoms with Gasteiger partial charge in [0.25, 0.3) is 5.91 Å². The lowest BCUT2D eigenvalue weighted by Crippen LogP contribution is -2.41. The van der Waals surface area contributed by atoms with Gasteiger partial charge in [-0.3, -0.25) is 9.59 Å². The van der Waals surface area contributed by atoms with Gasteiger partial charge in [-0.15, -0.1) is 11.3 Å². The average molecular weight is 492 g/mol. The summed E-state index contributed by atoms with van der Waals surface area (Å²) in [4.78, 5) is 31.2. The molecule has 1 fully saturated rings. The molecule has 1 aliphatic heterocycles. The van der Waals surface area contributed by atoms with Gasteiger partial charge in [0.1, 0.15) is 0 Å². The summed E-state index contributed by atoms with van der Waals surface area (Å²) >= 11 is 6.37. The molecule has 29 heavy (non-hydrogen) atoms. The summed E-state index contributed by atoms with van der Waals surface area (Å²) in [6.07, 6.45) is 0. The second-order valence-electron chi connectivity index (χ2n) is 6.38. The smallest absolute Gasteiger partial charge is 0.256 e. The first kappa shape index (κ1) is 20.3. The van der Waals surface area contributed by atoms with E-state index in [-0.39, 0.29) is 11.8 Å². The number of carbonyl (C=O) groups excluding carboxylic acids is 2. The van der Waals surface area contributed by atoms with Crippen molar-refractivity contribution in [2.24, 2.45) is 0 Å². The van der Waals surface area contributed by atoms with Crippen LogP contribution in [0.3, 0.4) is 0 Å². The van der Waals surface area contributed by atoms with Gasteiger partial charge in [-0.05, 0) is 46.3 Å². The van der Waals surface area contributed by atoms with Crippen molar-refractivity contribution >= 4 is 66.7 Å². The highest BCUT2D eigenvalue weighted by atomic mass is 79.9. The topological polar surface area (TPSA) is 71.5 Å². The lowest BCUT2D eigenvalue weighted by atomic mass is 10.2. The fourth-order valence-electron chi connectivity index (χ4n) is 2.91. The van der Waals surface area contributed by atoms with Crippen LogP contribution in [0, 0.1) is 0 Å². The number of hydrogen-bond donors (Lipinski definition) is 1. The van der Waals surface area contributed by atoms with Crippen molar-refractivity contribution < 1.29 is 14.3 Å². The molecule has 2 heterocycles. The van der Waals surface area contributed by atoms with Crippen molar-refractivity contribution in [3.63, 3.8) is 0 Å². The lowest BCUT2D eigenvalue weighted by molar-refractivity contribution is -0.132. The Morgan fingerprint density at radius 3 is 2.79 bits per heavy atom. The van der Waals surface area contributed by atoms with Crippen LogP contribution in [0.25, 0.3) is 10.2 Å². The van der Waals surface area contributed by atoms with Crippen LogP contribution >= 0.6 is 39.0 Å². The van der Waals surface area contributed by atoms with Gasteiger partial charge in [-0.25, -0.2) is 4.98 Å². The molecule has 0 bridgehead atoms. The first-order valence-corrected chi connectivity index (χ1v) is 11.6. The number of aromatic nitrogens is 1. The molecule has 150 valence electrons. The van der Waals surface area contributed by atoms with Crippen LogP contribution < -0.4 is 5.32 Å². The zero-order valence-corrected chi connectivity index (χ0v) is 18.6. The SMILES string of the molecule is O=C(Nc1ccc2nc(SCC(=O)N3CCOCC3)sc2c1)c1ccccc1Br. The molecule has 2 amide bonds. The second-order valence-corrected chi connectivity index (χ2v) is 9.49. The zero-order chi connectivity index (χ0) is 20.2. The number of anilines is 1. The monoisotopic (exact) mass is 491 g/mol. The van der Waals surface area contributed by atoms with E-state index in [0.717, 1.165) is 19.0 Å². The Morgan fingerprint density at radius 1 is 1.21 bits per heavy atom. The van der Waals surface area contributed by atoms with E-state index >= 15 is 0 Å². The van der Waals surface area contributed by atoms with Gasteiger partial charge in [-0.1, -0.05) is 23.9 Å². The quantitative estimate of drug-likeness (QED) is 0.539. The van der Waals surface area contributed by atoms with E-state index in [4.69, 9.17) is 4.74 Å². The maximum atomic E-state index is 12.5. The number of nitrogens with one attached hydrogen (secondary N) is 1. The summed E-state index contributed by atoms with van der Waals surface area (Å²) in [6, 6.07) is 12.9. The molecule has 0 aliphatic carbocycles. The molecule has 4 rings (SSSR count). The summed E-state index contributed by atoms with van der Waals surface area (Å²) < 4.78 is 7.84. The van der Waals surface area contributed by atoms with Crippen LogP contribution in [0.2, 0.25) is 0 Å². The number of carbonyl (C=O) groups is 2. The van der Waals surface area contributed by atoms with Crippen LogP contribution in [0.4, 0.5) is 5.69 Å². The van der Waals surface area contributed by atoms with Crippen molar-refractivity contribution in [3.05, 3.63) is 52.5 Å². The van der Waals surface area contributed by atoms with Crippen LogP contribution in [0.1, 0.15) is 10.4 Å². The molecule has 2 aromatic carbocycles. The fourth-order valence-corrected chi connectivity index (χ4v) is 5.39. The van der Waals surface area contributed by atoms with Crippen molar-refractivity contribution in [2.45, 2.75) is 4.34 Å². The van der Waals surface area contributed by atoms with E-state index in [1.54, 1.807) is 6.07 Å². The fraction of sp³-hybridized carbons (Fsp3) is 0.250. The number of thioether (sulfide) groups is 1. The van der Waals surface area contributed by atoms with Gasteiger partial charge in [-0.2, -0.15) is 0 Å². The molecule has 0 spiro atoms. The Balaban J connectivity index is 1.41. The molecule has 1 saturated heterocycles. The molecule has 9 heteroatoms. The highest BCUT2D eigenvalue weighted by Gasteiger charge is 2.18. The Bertz CT molecular complexity index is 1050. The summed E-state index contributed by atoms with van der Waals surface area (Å²) in [5.74, 6) is 0.303. The minimum atomic E-state index is -0.174. The number of ether oxygens (including phenoxy) is 1. The van der Waals surface area contributed by atoms with Crippen molar-refractivity contribution in [1.82, 2.24) is 9.88 Å². The molecular weight excluding hydrogens is 474 g/mol. The maximum absolute atomic E-state index is 12.5. The van der Waals surface area contributed by atoms with E-state index in [0.29, 0.717) is 43.3 Å². The van der Waals surface area contributed by atoms with Gasteiger partial charge in [0.05, 0.1) is 34.7 Å². The number of halogens is 1. The molecular formula is C20H18BrN3O3S2. The summed E-state index contributed by atoms with van der Waals surface area (Å²) in [5.41, 5.74) is 2.15. The number of hydrogen-bond acceptors (Lipinski definition) is 6. The van der Waals surface area contributed by atoms with Gasteiger partial charge >= 0.3 is 0 Å². The third-order valence-corrected chi connectivity index (χ3v) is 7.27. The molecule has 1 aliphatic rings. The molecule has 0 unspecified atom stereocenters. The third kappa shape index (κ3) is 4.98. The van der Waals surface area contributed by atoms with Crippen molar-refractivity contribution in [3.8, 4) is 0 Å². The predicted molar refractivity (Wildman–Crippen MR) is 120 cm³/mol. The Morgan fingerprint density at radius 2 is 2.00 bits per heavy atom. The van der Waals surface area contributed by atoms with Gasteiger partial charge in [0, 0.05) is 23.2 Å². The molecule has 1 N–H and O–H groups in total. The number of nitrogens with zero attached hydrogens (tertiary/aromatic N) is 2. The molecule has 3 aromatic rings. The molecule has 0 saturated carbocycles. The van der Waals surface area contributed by atoms with E-state index in [1.165, 1.54) is 23.1 Å². The number of benzene rings is 2. The number of amides is 2. The van der Waals surface area contributed by atoms with E-state index in [9.17, 15) is 9.59 Å². The van der Waals surface area contributed by atoms with Crippen LogP contribution in [-0.2, 0) is 9.53 Å². The largest absolute Gasteiger partial charge is 0.378 e. The minimum Gasteiger partial charge on any atom is -0.378 e. The normalized spacial score (nSPS) is 14.2. The molecule has 0 atom stereocenters. The molecule has 6 nitrogen and oxygen atoms in total. The van der Waals surface area contributed by atoms with E-state index in [2.05, 4.69) is 26.2 Å². The highest BCUT2D eigenvalue weighted by Crippen LogP contribution is 2.31. The summed E-state index contributed by atoms with van der Waals surface area (Å²) in [5, 5.41) is 2.92. The third-order valence-electron chi connectivity index (χ3n) is 4.43. The standard InChI is InChI=1S/C20H18BrN3O3S2/c21-15-4-2-1-3-14(15)19(26)22-13-5-6-16-17(11-13)29-20(23-16)28-12-18(25)24-7-9-27-10-8-24/h1-6,11H,7-10,12H2,(H,22,26). The Labute approximate surface area is 184 Å². The average Bonchev–Trinajstić information content (AvgIpc) is 3.15. The van der Waals surface area contributed by atoms with Gasteiger partial charge < -0.3 is 15.0 Å². The number of thiazole rings is 1. The first-order valence-electron chi connectivity index (χ1n) is 9.05. The second kappa shape index (κ2) is 9.25.